The number of β-amino-alcohol motifs (C(OH)–C–C–N with tert-alkyl or cyclic N) is 1. The Morgan fingerprint density at radius 2 is 2.04 bits per heavy atom. The number of hydrogen-bond acceptors (Lipinski definition) is 6. The quantitative estimate of drug-likeness (QED) is 0.723. The highest BCUT2D eigenvalue weighted by molar-refractivity contribution is 6.08. The molecule has 1 amide bonds. The summed E-state index contributed by atoms with van der Waals surface area (Å²) in [5.41, 5.74) is 0.471. The second-order valence-corrected chi connectivity index (χ2v) is 5.10. The highest BCUT2D eigenvalue weighted by Gasteiger charge is 2.42. The van der Waals surface area contributed by atoms with E-state index in [2.05, 4.69) is 0 Å². The third-order valence-corrected chi connectivity index (χ3v) is 3.62. The number of aliphatic hydroxyl groups excluding tert-OH is 2. The van der Waals surface area contributed by atoms with E-state index in [0.717, 1.165) is 0 Å². The lowest BCUT2D eigenvalue weighted by atomic mass is 9.96. The lowest BCUT2D eigenvalue weighted by Crippen LogP contribution is -2.33. The number of amides is 1. The van der Waals surface area contributed by atoms with Crippen LogP contribution in [0.1, 0.15) is 25.5 Å². The van der Waals surface area contributed by atoms with Crippen LogP contribution in [0.5, 0.6) is 11.5 Å². The number of carbonyl (C=O) groups is 2. The second-order valence-electron chi connectivity index (χ2n) is 5.10. The molecular formula is C16H19NO6. The Morgan fingerprint density at radius 3 is 2.61 bits per heavy atom. The monoisotopic (exact) mass is 321 g/mol. The first kappa shape index (κ1) is 16.8. The van der Waals surface area contributed by atoms with Crippen LogP contribution in [0, 0.1) is 0 Å². The molecule has 0 aromatic heterocycles. The molecule has 1 atom stereocenters. The Kier molecular flexibility index (Phi) is 4.90. The molecule has 0 spiro atoms. The van der Waals surface area contributed by atoms with E-state index in [9.17, 15) is 19.8 Å². The van der Waals surface area contributed by atoms with E-state index in [4.69, 9.17) is 9.84 Å². The number of phenols is 1. The molecule has 1 aromatic carbocycles. The molecule has 2 rings (SSSR count). The summed E-state index contributed by atoms with van der Waals surface area (Å²) in [6.45, 7) is 3.02. The molecule has 0 saturated carbocycles. The van der Waals surface area contributed by atoms with Crippen LogP contribution in [-0.2, 0) is 9.59 Å². The van der Waals surface area contributed by atoms with E-state index in [1.165, 1.54) is 24.0 Å². The summed E-state index contributed by atoms with van der Waals surface area (Å²) in [4.78, 5) is 25.2. The molecule has 0 fully saturated rings. The van der Waals surface area contributed by atoms with Gasteiger partial charge in [-0.3, -0.25) is 9.59 Å². The molecule has 124 valence electrons. The summed E-state index contributed by atoms with van der Waals surface area (Å²) >= 11 is 0. The van der Waals surface area contributed by atoms with Crippen LogP contribution in [0.3, 0.4) is 0 Å². The van der Waals surface area contributed by atoms with Crippen molar-refractivity contribution < 1.29 is 29.6 Å². The molecule has 7 nitrogen and oxygen atoms in total. The first-order chi connectivity index (χ1) is 10.9. The summed E-state index contributed by atoms with van der Waals surface area (Å²) in [6, 6.07) is 3.63. The molecule has 1 aromatic rings. The molecule has 1 aliphatic rings. The number of phenolic OH excluding ortho intramolecular Hbond substituents is 1. The van der Waals surface area contributed by atoms with E-state index in [1.807, 2.05) is 0 Å². The summed E-state index contributed by atoms with van der Waals surface area (Å²) < 4.78 is 5.32. The Hall–Kier alpha value is -2.54. The molecule has 1 unspecified atom stereocenters. The van der Waals surface area contributed by atoms with Crippen molar-refractivity contribution in [3.05, 3.63) is 35.1 Å². The van der Waals surface area contributed by atoms with Crippen LogP contribution in [0.15, 0.2) is 29.5 Å². The lowest BCUT2D eigenvalue weighted by molar-refractivity contribution is -0.129. The third kappa shape index (κ3) is 3.00. The Labute approximate surface area is 133 Å². The molecule has 0 radical (unpaired) electrons. The second kappa shape index (κ2) is 6.70. The van der Waals surface area contributed by atoms with Crippen molar-refractivity contribution in [3.63, 3.8) is 0 Å². The molecule has 7 heteroatoms. The summed E-state index contributed by atoms with van der Waals surface area (Å²) in [7, 11) is 0. The number of aliphatic hydroxyl groups is 2. The van der Waals surface area contributed by atoms with Gasteiger partial charge in [-0.05, 0) is 31.5 Å². The van der Waals surface area contributed by atoms with Crippen molar-refractivity contribution in [1.29, 1.82) is 0 Å². The third-order valence-electron chi connectivity index (χ3n) is 3.62. The van der Waals surface area contributed by atoms with Gasteiger partial charge in [0.15, 0.2) is 23.0 Å². The first-order valence-corrected chi connectivity index (χ1v) is 7.24. The highest BCUT2D eigenvalue weighted by atomic mass is 16.5. The number of ether oxygens (including phenoxy) is 1. The largest absolute Gasteiger partial charge is 0.504 e. The molecule has 1 heterocycles. The normalized spacial score (nSPS) is 17.8. The Morgan fingerprint density at radius 1 is 1.35 bits per heavy atom. The van der Waals surface area contributed by atoms with Gasteiger partial charge < -0.3 is 25.0 Å². The minimum atomic E-state index is -0.827. The van der Waals surface area contributed by atoms with E-state index < -0.39 is 23.5 Å². The molecule has 23 heavy (non-hydrogen) atoms. The van der Waals surface area contributed by atoms with Crippen molar-refractivity contribution in [2.45, 2.75) is 19.9 Å². The van der Waals surface area contributed by atoms with Crippen LogP contribution in [0.2, 0.25) is 0 Å². The number of ketones is 1. The van der Waals surface area contributed by atoms with Gasteiger partial charge >= 0.3 is 0 Å². The fourth-order valence-electron chi connectivity index (χ4n) is 2.67. The van der Waals surface area contributed by atoms with Crippen LogP contribution >= 0.6 is 0 Å². The number of benzene rings is 1. The van der Waals surface area contributed by atoms with E-state index >= 15 is 0 Å². The fraction of sp³-hybridized carbons (Fsp3) is 0.375. The molecule has 3 N–H and O–H groups in total. The fourth-order valence-corrected chi connectivity index (χ4v) is 2.67. The number of hydrogen-bond donors (Lipinski definition) is 3. The predicted octanol–water partition coefficient (Wildman–Crippen LogP) is 1.07. The van der Waals surface area contributed by atoms with Gasteiger partial charge in [0, 0.05) is 6.54 Å². The summed E-state index contributed by atoms with van der Waals surface area (Å²) in [5.74, 6) is -1.60. The maximum Gasteiger partial charge on any atom is 0.290 e. The van der Waals surface area contributed by atoms with Gasteiger partial charge in [0.1, 0.15) is 0 Å². The van der Waals surface area contributed by atoms with Crippen LogP contribution in [0.25, 0.3) is 0 Å². The minimum absolute atomic E-state index is 0.0309. The van der Waals surface area contributed by atoms with Crippen molar-refractivity contribution in [3.8, 4) is 11.5 Å². The van der Waals surface area contributed by atoms with Crippen LogP contribution < -0.4 is 4.74 Å². The van der Waals surface area contributed by atoms with Gasteiger partial charge in [-0.2, -0.15) is 0 Å². The SMILES string of the molecule is CCOc1cc(C2C(C(C)=O)=C(O)C(=O)N2CCO)ccc1O. The Bertz CT molecular complexity index is 667. The van der Waals surface area contributed by atoms with Gasteiger partial charge in [-0.15, -0.1) is 0 Å². The maximum atomic E-state index is 12.1. The zero-order valence-electron chi connectivity index (χ0n) is 12.9. The van der Waals surface area contributed by atoms with Crippen molar-refractivity contribution >= 4 is 11.7 Å². The highest BCUT2D eigenvalue weighted by Crippen LogP contribution is 2.40. The molecule has 1 aliphatic heterocycles. The average Bonchev–Trinajstić information content (AvgIpc) is 2.75. The standard InChI is InChI=1S/C16H19NO6/c1-3-23-12-8-10(4-5-11(12)20)14-13(9(2)19)15(21)16(22)17(14)6-7-18/h4-5,8,14,18,20-21H,3,6-7H2,1-2H3. The van der Waals surface area contributed by atoms with Crippen molar-refractivity contribution in [2.75, 3.05) is 19.8 Å². The lowest BCUT2D eigenvalue weighted by Gasteiger charge is -2.26. The number of nitrogens with zero attached hydrogens (tertiary/aromatic N) is 1. The molecule has 0 aliphatic carbocycles. The summed E-state index contributed by atoms with van der Waals surface area (Å²) in [6.07, 6.45) is 0. The van der Waals surface area contributed by atoms with Gasteiger partial charge in [0.2, 0.25) is 0 Å². The average molecular weight is 321 g/mol. The zero-order valence-corrected chi connectivity index (χ0v) is 12.9. The van der Waals surface area contributed by atoms with Gasteiger partial charge in [-0.25, -0.2) is 0 Å². The van der Waals surface area contributed by atoms with E-state index in [1.54, 1.807) is 13.0 Å². The predicted molar refractivity (Wildman–Crippen MR) is 81.2 cm³/mol. The number of Topliss-reactive ketones (excluding diaryl/α,β-unsaturated/α-hetero) is 1. The van der Waals surface area contributed by atoms with Gasteiger partial charge in [-0.1, -0.05) is 6.07 Å². The minimum Gasteiger partial charge on any atom is -0.504 e. The smallest absolute Gasteiger partial charge is 0.290 e. The Balaban J connectivity index is 2.54. The van der Waals surface area contributed by atoms with E-state index in [-0.39, 0.29) is 30.2 Å². The zero-order chi connectivity index (χ0) is 17.1. The molecule has 0 saturated heterocycles. The number of rotatable bonds is 6. The number of carbonyl (C=O) groups excluding carboxylic acids is 2. The van der Waals surface area contributed by atoms with Crippen LogP contribution in [-0.4, -0.2) is 51.7 Å². The van der Waals surface area contributed by atoms with Crippen molar-refractivity contribution in [1.82, 2.24) is 4.90 Å². The van der Waals surface area contributed by atoms with Gasteiger partial charge in [0.05, 0.1) is 24.8 Å². The van der Waals surface area contributed by atoms with E-state index in [0.29, 0.717) is 12.2 Å². The molecular weight excluding hydrogens is 302 g/mol. The van der Waals surface area contributed by atoms with Crippen LogP contribution in [0.4, 0.5) is 0 Å². The summed E-state index contributed by atoms with van der Waals surface area (Å²) in [5, 5.41) is 28.9. The topological polar surface area (TPSA) is 107 Å². The number of aromatic hydroxyl groups is 1. The maximum absolute atomic E-state index is 12.1. The van der Waals surface area contributed by atoms with Gasteiger partial charge in [0.25, 0.3) is 5.91 Å². The van der Waals surface area contributed by atoms with Crippen molar-refractivity contribution in [2.24, 2.45) is 0 Å². The molecule has 0 bridgehead atoms. The first-order valence-electron chi connectivity index (χ1n) is 7.24.